The number of carbonyl (C=O) groups is 1. The van der Waals surface area contributed by atoms with Crippen LogP contribution in [0, 0.1) is 5.92 Å². The van der Waals surface area contributed by atoms with Crippen molar-refractivity contribution >= 4 is 6.09 Å². The molecule has 1 amide bonds. The molecule has 20 heavy (non-hydrogen) atoms. The average Bonchev–Trinajstić information content (AvgIpc) is 2.26. The normalized spacial score (nSPS) is 20.6. The first-order valence-corrected chi connectivity index (χ1v) is 7.60. The second-order valence-corrected chi connectivity index (χ2v) is 7.35. The number of hydrogen-bond acceptors (Lipinski definition) is 4. The summed E-state index contributed by atoms with van der Waals surface area (Å²) < 4.78 is 5.28. The first kappa shape index (κ1) is 17.2. The lowest BCUT2D eigenvalue weighted by Gasteiger charge is -2.30. The Morgan fingerprint density at radius 1 is 1.30 bits per heavy atom. The Labute approximate surface area is 123 Å². The molecule has 1 heterocycles. The van der Waals surface area contributed by atoms with Crippen LogP contribution in [-0.4, -0.2) is 43.4 Å². The van der Waals surface area contributed by atoms with Crippen molar-refractivity contribution < 1.29 is 9.53 Å². The molecule has 1 atom stereocenters. The molecule has 3 N–H and O–H groups in total. The molecule has 118 valence electrons. The summed E-state index contributed by atoms with van der Waals surface area (Å²) in [5.41, 5.74) is -0.772. The van der Waals surface area contributed by atoms with Crippen LogP contribution in [-0.2, 0) is 4.74 Å². The molecule has 5 nitrogen and oxygen atoms in total. The van der Waals surface area contributed by atoms with Crippen LogP contribution >= 0.6 is 0 Å². The van der Waals surface area contributed by atoms with Gasteiger partial charge in [0.05, 0.1) is 5.54 Å². The van der Waals surface area contributed by atoms with E-state index in [2.05, 4.69) is 16.0 Å². The van der Waals surface area contributed by atoms with E-state index >= 15 is 0 Å². The molecule has 0 aliphatic carbocycles. The summed E-state index contributed by atoms with van der Waals surface area (Å²) >= 11 is 0. The maximum atomic E-state index is 11.8. The zero-order valence-electron chi connectivity index (χ0n) is 13.6. The van der Waals surface area contributed by atoms with Gasteiger partial charge in [0.25, 0.3) is 0 Å². The number of hydrogen-bond donors (Lipinski definition) is 3. The van der Waals surface area contributed by atoms with Gasteiger partial charge in [-0.05, 0) is 73.0 Å². The number of piperidine rings is 1. The molecule has 0 bridgehead atoms. The van der Waals surface area contributed by atoms with Crippen molar-refractivity contribution in [1.29, 1.82) is 0 Å². The van der Waals surface area contributed by atoms with Gasteiger partial charge in [-0.25, -0.2) is 4.79 Å². The molecule has 0 aromatic carbocycles. The summed E-state index contributed by atoms with van der Waals surface area (Å²) in [5, 5.41) is 9.78. The Morgan fingerprint density at radius 2 is 2.00 bits per heavy atom. The van der Waals surface area contributed by atoms with E-state index in [1.54, 1.807) is 0 Å². The lowest BCUT2D eigenvalue weighted by atomic mass is 9.99. The summed E-state index contributed by atoms with van der Waals surface area (Å²) in [4.78, 5) is 11.8. The molecule has 1 aliphatic heterocycles. The highest BCUT2D eigenvalue weighted by Gasteiger charge is 2.24. The number of amides is 1. The maximum Gasteiger partial charge on any atom is 0.408 e. The van der Waals surface area contributed by atoms with Gasteiger partial charge in [0.15, 0.2) is 0 Å². The second kappa shape index (κ2) is 7.27. The van der Waals surface area contributed by atoms with Crippen molar-refractivity contribution in [2.45, 2.75) is 58.6 Å². The summed E-state index contributed by atoms with van der Waals surface area (Å²) in [7, 11) is 0. The van der Waals surface area contributed by atoms with Gasteiger partial charge in [-0.1, -0.05) is 0 Å². The van der Waals surface area contributed by atoms with E-state index in [0.717, 1.165) is 26.2 Å². The highest BCUT2D eigenvalue weighted by Crippen LogP contribution is 2.10. The molecule has 0 spiro atoms. The number of ether oxygens (including phenoxy) is 1. The topological polar surface area (TPSA) is 62.4 Å². The van der Waals surface area contributed by atoms with Gasteiger partial charge in [-0.15, -0.1) is 0 Å². The first-order valence-electron chi connectivity index (χ1n) is 7.60. The van der Waals surface area contributed by atoms with Crippen LogP contribution in [0.1, 0.15) is 47.5 Å². The van der Waals surface area contributed by atoms with Crippen LogP contribution in [0.25, 0.3) is 0 Å². The Bertz CT molecular complexity index is 305. The van der Waals surface area contributed by atoms with Gasteiger partial charge < -0.3 is 20.7 Å². The lowest BCUT2D eigenvalue weighted by molar-refractivity contribution is 0.0471. The zero-order chi connectivity index (χ0) is 15.2. The summed E-state index contributed by atoms with van der Waals surface area (Å²) in [6.07, 6.45) is 2.18. The zero-order valence-corrected chi connectivity index (χ0v) is 13.6. The highest BCUT2D eigenvalue weighted by molar-refractivity contribution is 5.68. The van der Waals surface area contributed by atoms with Crippen molar-refractivity contribution in [2.24, 2.45) is 5.92 Å². The monoisotopic (exact) mass is 285 g/mol. The van der Waals surface area contributed by atoms with Crippen molar-refractivity contribution in [2.75, 3.05) is 26.2 Å². The van der Waals surface area contributed by atoms with Crippen LogP contribution < -0.4 is 16.0 Å². The fraction of sp³-hybridized carbons (Fsp3) is 0.933. The maximum absolute atomic E-state index is 11.8. The molecule has 1 saturated heterocycles. The van der Waals surface area contributed by atoms with Crippen molar-refractivity contribution in [1.82, 2.24) is 16.0 Å². The number of rotatable bonds is 5. The molecule has 1 rings (SSSR count). The second-order valence-electron chi connectivity index (χ2n) is 7.35. The van der Waals surface area contributed by atoms with Gasteiger partial charge in [-0.3, -0.25) is 0 Å². The molecule has 0 saturated carbocycles. The van der Waals surface area contributed by atoms with Gasteiger partial charge in [0.1, 0.15) is 5.60 Å². The molecular weight excluding hydrogens is 254 g/mol. The highest BCUT2D eigenvalue weighted by atomic mass is 16.6. The minimum atomic E-state index is -0.457. The Hall–Kier alpha value is -0.810. The van der Waals surface area contributed by atoms with E-state index in [1.165, 1.54) is 12.8 Å². The standard InChI is InChI=1S/C15H31N3O2/c1-14(2,3)20-13(19)18-15(4,5)11-17-10-12-7-6-8-16-9-12/h12,16-17H,6-11H2,1-5H3,(H,18,19). The molecule has 1 fully saturated rings. The molecule has 5 heteroatoms. The molecule has 1 unspecified atom stereocenters. The third-order valence-corrected chi connectivity index (χ3v) is 3.24. The molecule has 1 aliphatic rings. The fourth-order valence-corrected chi connectivity index (χ4v) is 2.31. The van der Waals surface area contributed by atoms with Gasteiger partial charge in [-0.2, -0.15) is 0 Å². The van der Waals surface area contributed by atoms with Crippen molar-refractivity contribution in [3.8, 4) is 0 Å². The fourth-order valence-electron chi connectivity index (χ4n) is 2.31. The number of nitrogens with one attached hydrogen (secondary N) is 3. The third kappa shape index (κ3) is 7.70. The van der Waals surface area contributed by atoms with E-state index in [0.29, 0.717) is 5.92 Å². The Kier molecular flexibility index (Phi) is 6.27. The summed E-state index contributed by atoms with van der Waals surface area (Å²) in [6, 6.07) is 0. The lowest BCUT2D eigenvalue weighted by Crippen LogP contribution is -2.52. The number of carbonyl (C=O) groups excluding carboxylic acids is 1. The third-order valence-electron chi connectivity index (χ3n) is 3.24. The summed E-state index contributed by atoms with van der Waals surface area (Å²) in [5.74, 6) is 0.695. The van der Waals surface area contributed by atoms with E-state index in [9.17, 15) is 4.79 Å². The van der Waals surface area contributed by atoms with Crippen LogP contribution in [0.15, 0.2) is 0 Å². The predicted octanol–water partition coefficient (Wildman–Crippen LogP) is 1.88. The Morgan fingerprint density at radius 3 is 2.55 bits per heavy atom. The predicted molar refractivity (Wildman–Crippen MR) is 81.9 cm³/mol. The minimum absolute atomic E-state index is 0.315. The largest absolute Gasteiger partial charge is 0.444 e. The summed E-state index contributed by atoms with van der Waals surface area (Å²) in [6.45, 7) is 13.6. The quantitative estimate of drug-likeness (QED) is 0.722. The van der Waals surface area contributed by atoms with Gasteiger partial charge >= 0.3 is 6.09 Å². The molecule has 0 aromatic rings. The smallest absolute Gasteiger partial charge is 0.408 e. The average molecular weight is 285 g/mol. The SMILES string of the molecule is CC(C)(CNCC1CCCNC1)NC(=O)OC(C)(C)C. The van der Waals surface area contributed by atoms with Crippen LogP contribution in [0.2, 0.25) is 0 Å². The number of alkyl carbamates (subject to hydrolysis) is 1. The van der Waals surface area contributed by atoms with E-state index in [-0.39, 0.29) is 11.6 Å². The van der Waals surface area contributed by atoms with E-state index in [1.807, 2.05) is 34.6 Å². The van der Waals surface area contributed by atoms with Crippen molar-refractivity contribution in [3.05, 3.63) is 0 Å². The first-order chi connectivity index (χ1) is 9.18. The molecule has 0 aromatic heterocycles. The van der Waals surface area contributed by atoms with E-state index < -0.39 is 5.60 Å². The Balaban J connectivity index is 2.24. The molecule has 0 radical (unpaired) electrons. The minimum Gasteiger partial charge on any atom is -0.444 e. The molecular formula is C15H31N3O2. The van der Waals surface area contributed by atoms with Crippen LogP contribution in [0.3, 0.4) is 0 Å². The van der Waals surface area contributed by atoms with Gasteiger partial charge in [0, 0.05) is 6.54 Å². The van der Waals surface area contributed by atoms with Crippen LogP contribution in [0.5, 0.6) is 0 Å². The van der Waals surface area contributed by atoms with Crippen LogP contribution in [0.4, 0.5) is 4.79 Å². The van der Waals surface area contributed by atoms with Gasteiger partial charge in [0.2, 0.25) is 0 Å². The van der Waals surface area contributed by atoms with E-state index in [4.69, 9.17) is 4.74 Å². The van der Waals surface area contributed by atoms with Crippen molar-refractivity contribution in [3.63, 3.8) is 0 Å².